The van der Waals surface area contributed by atoms with Crippen LogP contribution in [0.25, 0.3) is 0 Å². The summed E-state index contributed by atoms with van der Waals surface area (Å²) in [5.41, 5.74) is 0.301. The van der Waals surface area contributed by atoms with E-state index in [4.69, 9.17) is 4.74 Å². The fourth-order valence-electron chi connectivity index (χ4n) is 2.37. The van der Waals surface area contributed by atoms with Crippen LogP contribution in [0.15, 0.2) is 24.3 Å². The van der Waals surface area contributed by atoms with Crippen molar-refractivity contribution in [2.75, 3.05) is 6.67 Å². The zero-order valence-corrected chi connectivity index (χ0v) is 8.20. The van der Waals surface area contributed by atoms with Gasteiger partial charge in [0.2, 0.25) is 0 Å². The molecule has 1 fully saturated rings. The number of esters is 1. The van der Waals surface area contributed by atoms with Crippen molar-refractivity contribution in [1.82, 2.24) is 0 Å². The highest BCUT2D eigenvalue weighted by molar-refractivity contribution is 5.94. The van der Waals surface area contributed by atoms with Crippen LogP contribution in [0.3, 0.4) is 0 Å². The number of carbonyl (C=O) groups is 1. The van der Waals surface area contributed by atoms with E-state index >= 15 is 0 Å². The average molecular weight is 206 g/mol. The number of hydrogen-bond acceptors (Lipinski definition) is 2. The van der Waals surface area contributed by atoms with Crippen LogP contribution < -0.4 is 0 Å². The molecule has 0 spiro atoms. The minimum absolute atomic E-state index is 0.176. The molecule has 3 heteroatoms. The van der Waals surface area contributed by atoms with Crippen molar-refractivity contribution < 1.29 is 13.9 Å². The Morgan fingerprint density at radius 1 is 1.40 bits per heavy atom. The minimum Gasteiger partial charge on any atom is -0.447 e. The summed E-state index contributed by atoms with van der Waals surface area (Å²) in [6.45, 7) is -0.611. The maximum atomic E-state index is 13.2. The SMILES string of the molecule is O=C1O[C@](CF)(C2CC2)c2ccccc21. The first kappa shape index (κ1) is 8.89. The van der Waals surface area contributed by atoms with E-state index in [0.717, 1.165) is 18.4 Å². The number of benzene rings is 1. The van der Waals surface area contributed by atoms with Gasteiger partial charge in [-0.3, -0.25) is 0 Å². The van der Waals surface area contributed by atoms with Crippen molar-refractivity contribution in [2.45, 2.75) is 18.4 Å². The number of ether oxygens (including phenoxy) is 1. The number of cyclic esters (lactones) is 1. The zero-order valence-electron chi connectivity index (χ0n) is 8.20. The molecule has 0 N–H and O–H groups in total. The van der Waals surface area contributed by atoms with E-state index in [1.807, 2.05) is 6.07 Å². The molecule has 15 heavy (non-hydrogen) atoms. The largest absolute Gasteiger partial charge is 0.447 e. The normalized spacial score (nSPS) is 28.7. The first-order chi connectivity index (χ1) is 7.28. The van der Waals surface area contributed by atoms with Crippen molar-refractivity contribution in [2.24, 2.45) is 5.92 Å². The van der Waals surface area contributed by atoms with Crippen molar-refractivity contribution in [1.29, 1.82) is 0 Å². The molecule has 1 atom stereocenters. The molecule has 1 aliphatic heterocycles. The van der Waals surface area contributed by atoms with E-state index in [2.05, 4.69) is 0 Å². The van der Waals surface area contributed by atoms with Gasteiger partial charge in [0.25, 0.3) is 0 Å². The first-order valence-corrected chi connectivity index (χ1v) is 5.17. The van der Waals surface area contributed by atoms with E-state index in [9.17, 15) is 9.18 Å². The Morgan fingerprint density at radius 3 is 2.80 bits per heavy atom. The highest BCUT2D eigenvalue weighted by atomic mass is 19.1. The Kier molecular flexibility index (Phi) is 1.67. The molecule has 3 rings (SSSR count). The summed E-state index contributed by atoms with van der Waals surface area (Å²) in [6, 6.07) is 7.12. The number of alkyl halides is 1. The standard InChI is InChI=1S/C12H11FO2/c13-7-12(8-5-6-8)10-4-2-1-3-9(10)11(14)15-12/h1-4,8H,5-7H2/t12-/m1/s1. The molecule has 1 aromatic carbocycles. The highest BCUT2D eigenvalue weighted by Crippen LogP contribution is 2.52. The van der Waals surface area contributed by atoms with Crippen LogP contribution in [0.2, 0.25) is 0 Å². The minimum atomic E-state index is -0.965. The Labute approximate surface area is 87.0 Å². The summed E-state index contributed by atoms with van der Waals surface area (Å²) in [7, 11) is 0. The van der Waals surface area contributed by atoms with Gasteiger partial charge in [-0.2, -0.15) is 0 Å². The third-order valence-corrected chi connectivity index (χ3v) is 3.31. The lowest BCUT2D eigenvalue weighted by atomic mass is 9.89. The van der Waals surface area contributed by atoms with Gasteiger partial charge in [0.05, 0.1) is 5.56 Å². The first-order valence-electron chi connectivity index (χ1n) is 5.17. The topological polar surface area (TPSA) is 26.3 Å². The molecule has 78 valence electrons. The second-order valence-electron chi connectivity index (χ2n) is 4.23. The average Bonchev–Trinajstić information content (AvgIpc) is 3.07. The van der Waals surface area contributed by atoms with Crippen LogP contribution >= 0.6 is 0 Å². The predicted molar refractivity (Wildman–Crippen MR) is 52.2 cm³/mol. The monoisotopic (exact) mass is 206 g/mol. The molecule has 2 aliphatic rings. The second kappa shape index (κ2) is 2.81. The van der Waals surface area contributed by atoms with E-state index in [1.54, 1.807) is 18.2 Å². The van der Waals surface area contributed by atoms with Crippen LogP contribution in [0, 0.1) is 5.92 Å². The quantitative estimate of drug-likeness (QED) is 0.695. The zero-order chi connectivity index (χ0) is 10.5. The van der Waals surface area contributed by atoms with E-state index < -0.39 is 12.3 Å². The smallest absolute Gasteiger partial charge is 0.339 e. The van der Waals surface area contributed by atoms with E-state index in [0.29, 0.717) is 5.56 Å². The van der Waals surface area contributed by atoms with Gasteiger partial charge in [-0.1, -0.05) is 18.2 Å². The van der Waals surface area contributed by atoms with Gasteiger partial charge in [0, 0.05) is 11.5 Å². The molecule has 1 aromatic rings. The Balaban J connectivity index is 2.17. The molecule has 0 radical (unpaired) electrons. The van der Waals surface area contributed by atoms with Crippen molar-refractivity contribution in [3.63, 3.8) is 0 Å². The van der Waals surface area contributed by atoms with Crippen LogP contribution in [0.5, 0.6) is 0 Å². The van der Waals surface area contributed by atoms with Crippen molar-refractivity contribution in [3.05, 3.63) is 35.4 Å². The summed E-state index contributed by atoms with van der Waals surface area (Å²) in [5, 5.41) is 0. The second-order valence-corrected chi connectivity index (χ2v) is 4.23. The number of carbonyl (C=O) groups excluding carboxylic acids is 1. The summed E-state index contributed by atoms with van der Waals surface area (Å²) in [6.07, 6.45) is 1.90. The van der Waals surface area contributed by atoms with Gasteiger partial charge in [-0.25, -0.2) is 9.18 Å². The Bertz CT molecular complexity index is 425. The molecular formula is C12H11FO2. The summed E-state index contributed by atoms with van der Waals surface area (Å²) in [4.78, 5) is 11.6. The van der Waals surface area contributed by atoms with Crippen LogP contribution in [-0.2, 0) is 10.3 Å². The van der Waals surface area contributed by atoms with Crippen LogP contribution in [0.4, 0.5) is 4.39 Å². The summed E-state index contributed by atoms with van der Waals surface area (Å²) >= 11 is 0. The maximum absolute atomic E-state index is 13.2. The number of hydrogen-bond donors (Lipinski definition) is 0. The van der Waals surface area contributed by atoms with Crippen molar-refractivity contribution in [3.8, 4) is 0 Å². The molecule has 1 saturated carbocycles. The lowest BCUT2D eigenvalue weighted by molar-refractivity contribution is -0.0343. The highest BCUT2D eigenvalue weighted by Gasteiger charge is 2.55. The van der Waals surface area contributed by atoms with Crippen LogP contribution in [-0.4, -0.2) is 12.6 Å². The molecule has 1 aliphatic carbocycles. The lowest BCUT2D eigenvalue weighted by Crippen LogP contribution is -2.31. The fraction of sp³-hybridized carbons (Fsp3) is 0.417. The maximum Gasteiger partial charge on any atom is 0.339 e. The van der Waals surface area contributed by atoms with E-state index in [1.165, 1.54) is 0 Å². The van der Waals surface area contributed by atoms with Crippen molar-refractivity contribution >= 4 is 5.97 Å². The van der Waals surface area contributed by atoms with Gasteiger partial charge >= 0.3 is 5.97 Å². The van der Waals surface area contributed by atoms with Gasteiger partial charge in [0.15, 0.2) is 5.60 Å². The molecule has 1 heterocycles. The van der Waals surface area contributed by atoms with Gasteiger partial charge in [-0.05, 0) is 18.9 Å². The molecule has 0 bridgehead atoms. The third-order valence-electron chi connectivity index (χ3n) is 3.31. The molecular weight excluding hydrogens is 195 g/mol. The van der Waals surface area contributed by atoms with Gasteiger partial charge in [-0.15, -0.1) is 0 Å². The van der Waals surface area contributed by atoms with Gasteiger partial charge in [0.1, 0.15) is 6.67 Å². The fourth-order valence-corrected chi connectivity index (χ4v) is 2.37. The molecule has 0 unspecified atom stereocenters. The molecule has 2 nitrogen and oxygen atoms in total. The Morgan fingerprint density at radius 2 is 2.13 bits per heavy atom. The van der Waals surface area contributed by atoms with Gasteiger partial charge < -0.3 is 4.74 Å². The van der Waals surface area contributed by atoms with E-state index in [-0.39, 0.29) is 11.9 Å². The molecule has 0 saturated heterocycles. The third kappa shape index (κ3) is 1.06. The predicted octanol–water partition coefficient (Wildman–Crippen LogP) is 2.43. The number of fused-ring (bicyclic) bond motifs is 1. The molecule has 0 amide bonds. The molecule has 0 aromatic heterocycles. The summed E-state index contributed by atoms with van der Waals surface area (Å²) < 4.78 is 18.5. The number of rotatable bonds is 2. The Hall–Kier alpha value is -1.38. The lowest BCUT2D eigenvalue weighted by Gasteiger charge is -2.25. The summed E-state index contributed by atoms with van der Waals surface area (Å²) in [5.74, 6) is -0.203. The number of halogens is 1. The van der Waals surface area contributed by atoms with Crippen LogP contribution in [0.1, 0.15) is 28.8 Å².